The van der Waals surface area contributed by atoms with Crippen LogP contribution in [0.4, 0.5) is 4.79 Å². The summed E-state index contributed by atoms with van der Waals surface area (Å²) < 4.78 is 1.35. The highest BCUT2D eigenvalue weighted by molar-refractivity contribution is 7.78. The molecule has 1 atom stereocenters. The maximum Gasteiger partial charge on any atom is 0.327 e. The summed E-state index contributed by atoms with van der Waals surface area (Å²) in [6, 6.07) is 16.7. The molecule has 6 heteroatoms. The lowest BCUT2D eigenvalue weighted by atomic mass is 9.99. The average Bonchev–Trinajstić information content (AvgIpc) is 2.59. The molecule has 0 aliphatic heterocycles. The van der Waals surface area contributed by atoms with Crippen LogP contribution in [0.3, 0.4) is 0 Å². The number of aliphatic hydroxyl groups is 1. The highest BCUT2D eigenvalue weighted by atomic mass is 35.5. The van der Waals surface area contributed by atoms with Crippen LogP contribution in [0.5, 0.6) is 0 Å². The van der Waals surface area contributed by atoms with E-state index in [-0.39, 0.29) is 25.2 Å². The van der Waals surface area contributed by atoms with Crippen LogP contribution >= 0.6 is 24.4 Å². The zero-order chi connectivity index (χ0) is 16.7. The van der Waals surface area contributed by atoms with Gasteiger partial charge in [0.1, 0.15) is 0 Å². The fourth-order valence-corrected chi connectivity index (χ4v) is 2.66. The monoisotopic (exact) mass is 350 g/mol. The SMILES string of the molecule is O=C(NCCO)N(S)C(Cc1ccccc1)c1ccc(Cl)cc1. The Morgan fingerprint density at radius 3 is 2.43 bits per heavy atom. The van der Waals surface area contributed by atoms with E-state index in [1.54, 1.807) is 12.1 Å². The summed E-state index contributed by atoms with van der Waals surface area (Å²) in [6.45, 7) is 0.0756. The summed E-state index contributed by atoms with van der Waals surface area (Å²) in [5.41, 5.74) is 2.04. The number of carbonyl (C=O) groups is 1. The van der Waals surface area contributed by atoms with Gasteiger partial charge in [-0.3, -0.25) is 4.31 Å². The van der Waals surface area contributed by atoms with Crippen molar-refractivity contribution in [3.05, 3.63) is 70.7 Å². The predicted octanol–water partition coefficient (Wildman–Crippen LogP) is 3.47. The molecule has 122 valence electrons. The first-order valence-corrected chi connectivity index (χ1v) is 8.06. The van der Waals surface area contributed by atoms with Crippen LogP contribution in [0.15, 0.2) is 54.6 Å². The Morgan fingerprint density at radius 1 is 1.17 bits per heavy atom. The lowest BCUT2D eigenvalue weighted by molar-refractivity contribution is 0.211. The van der Waals surface area contributed by atoms with Crippen LogP contribution in [0.1, 0.15) is 17.2 Å². The molecule has 2 aromatic carbocycles. The van der Waals surface area contributed by atoms with Crippen molar-refractivity contribution in [2.24, 2.45) is 0 Å². The van der Waals surface area contributed by atoms with Crippen molar-refractivity contribution < 1.29 is 9.90 Å². The molecular formula is C17H19ClN2O2S. The second kappa shape index (κ2) is 8.82. The number of hydrogen-bond donors (Lipinski definition) is 3. The smallest absolute Gasteiger partial charge is 0.327 e. The number of nitrogens with zero attached hydrogens (tertiary/aromatic N) is 1. The maximum atomic E-state index is 12.2. The molecule has 0 bridgehead atoms. The second-order valence-corrected chi connectivity index (χ2v) is 5.92. The van der Waals surface area contributed by atoms with E-state index in [2.05, 4.69) is 18.1 Å². The lowest BCUT2D eigenvalue weighted by Crippen LogP contribution is -2.38. The van der Waals surface area contributed by atoms with E-state index in [1.807, 2.05) is 42.5 Å². The number of thiol groups is 1. The zero-order valence-electron chi connectivity index (χ0n) is 12.5. The number of halogens is 1. The van der Waals surface area contributed by atoms with Crippen LogP contribution in [-0.2, 0) is 6.42 Å². The van der Waals surface area contributed by atoms with Crippen molar-refractivity contribution in [2.75, 3.05) is 13.2 Å². The summed E-state index contributed by atoms with van der Waals surface area (Å²) in [5.74, 6) is 0. The van der Waals surface area contributed by atoms with Gasteiger partial charge in [0.25, 0.3) is 0 Å². The largest absolute Gasteiger partial charge is 0.395 e. The van der Waals surface area contributed by atoms with Crippen LogP contribution in [0.2, 0.25) is 5.02 Å². The van der Waals surface area contributed by atoms with Gasteiger partial charge in [0, 0.05) is 11.6 Å². The molecule has 0 aromatic heterocycles. The Hall–Kier alpha value is -1.69. The second-order valence-electron chi connectivity index (χ2n) is 5.06. The first-order chi connectivity index (χ1) is 11.1. The van der Waals surface area contributed by atoms with Crippen molar-refractivity contribution in [1.29, 1.82) is 0 Å². The minimum absolute atomic E-state index is 0.113. The molecule has 2 aromatic rings. The molecule has 2 amide bonds. The van der Waals surface area contributed by atoms with Gasteiger partial charge in [-0.2, -0.15) is 0 Å². The van der Waals surface area contributed by atoms with Gasteiger partial charge in [0.15, 0.2) is 0 Å². The number of aliphatic hydroxyl groups excluding tert-OH is 1. The van der Waals surface area contributed by atoms with Crippen LogP contribution in [0.25, 0.3) is 0 Å². The number of rotatable bonds is 6. The predicted molar refractivity (Wildman–Crippen MR) is 95.6 cm³/mol. The molecule has 1 unspecified atom stereocenters. The van der Waals surface area contributed by atoms with Crippen LogP contribution < -0.4 is 5.32 Å². The summed E-state index contributed by atoms with van der Waals surface area (Å²) in [7, 11) is 0. The molecule has 0 fully saturated rings. The summed E-state index contributed by atoms with van der Waals surface area (Å²) in [4.78, 5) is 12.2. The minimum Gasteiger partial charge on any atom is -0.395 e. The van der Waals surface area contributed by atoms with Crippen molar-refractivity contribution >= 4 is 30.4 Å². The Balaban J connectivity index is 2.23. The van der Waals surface area contributed by atoms with E-state index < -0.39 is 0 Å². The number of amides is 2. The van der Waals surface area contributed by atoms with Gasteiger partial charge in [-0.05, 0) is 29.7 Å². The molecule has 0 spiro atoms. The van der Waals surface area contributed by atoms with Crippen molar-refractivity contribution in [3.8, 4) is 0 Å². The molecule has 2 rings (SSSR count). The van der Waals surface area contributed by atoms with E-state index >= 15 is 0 Å². The Morgan fingerprint density at radius 2 is 1.83 bits per heavy atom. The molecule has 0 radical (unpaired) electrons. The first kappa shape index (κ1) is 17.7. The maximum absolute atomic E-state index is 12.2. The normalized spacial score (nSPS) is 11.8. The van der Waals surface area contributed by atoms with Crippen molar-refractivity contribution in [1.82, 2.24) is 9.62 Å². The lowest BCUT2D eigenvalue weighted by Gasteiger charge is -2.27. The van der Waals surface area contributed by atoms with Gasteiger partial charge in [0.2, 0.25) is 0 Å². The van der Waals surface area contributed by atoms with Gasteiger partial charge in [0.05, 0.1) is 12.6 Å². The van der Waals surface area contributed by atoms with Crippen LogP contribution in [-0.4, -0.2) is 28.6 Å². The Kier molecular flexibility index (Phi) is 6.77. The number of hydrogen-bond acceptors (Lipinski definition) is 3. The summed E-state index contributed by atoms with van der Waals surface area (Å²) in [6.07, 6.45) is 0.624. The zero-order valence-corrected chi connectivity index (χ0v) is 14.2. The quantitative estimate of drug-likeness (QED) is 0.699. The Bertz CT molecular complexity index is 622. The third kappa shape index (κ3) is 5.16. The molecule has 0 saturated carbocycles. The van der Waals surface area contributed by atoms with E-state index in [9.17, 15) is 4.79 Å². The first-order valence-electron chi connectivity index (χ1n) is 7.28. The van der Waals surface area contributed by atoms with Gasteiger partial charge in [-0.1, -0.05) is 66.9 Å². The topological polar surface area (TPSA) is 52.6 Å². The molecule has 4 nitrogen and oxygen atoms in total. The molecule has 23 heavy (non-hydrogen) atoms. The average molecular weight is 351 g/mol. The number of nitrogens with one attached hydrogen (secondary N) is 1. The highest BCUT2D eigenvalue weighted by Gasteiger charge is 2.23. The standard InChI is InChI=1S/C17H19ClN2O2S/c18-15-8-6-14(7-9-15)16(12-13-4-2-1-3-5-13)20(23)17(22)19-10-11-21/h1-9,16,21,23H,10-12H2,(H,19,22). The van der Waals surface area contributed by atoms with E-state index in [4.69, 9.17) is 16.7 Å². The van der Waals surface area contributed by atoms with Gasteiger partial charge in [-0.15, -0.1) is 0 Å². The molecule has 0 saturated heterocycles. The van der Waals surface area contributed by atoms with E-state index in [0.717, 1.165) is 11.1 Å². The summed E-state index contributed by atoms with van der Waals surface area (Å²) in [5, 5.41) is 12.1. The Labute approximate surface area is 146 Å². The highest BCUT2D eigenvalue weighted by Crippen LogP contribution is 2.28. The molecular weight excluding hydrogens is 332 g/mol. The fraction of sp³-hybridized carbons (Fsp3) is 0.235. The van der Waals surface area contributed by atoms with Crippen molar-refractivity contribution in [3.63, 3.8) is 0 Å². The third-order valence-electron chi connectivity index (χ3n) is 3.42. The van der Waals surface area contributed by atoms with Crippen molar-refractivity contribution in [2.45, 2.75) is 12.5 Å². The fourth-order valence-electron chi connectivity index (χ4n) is 2.25. The van der Waals surface area contributed by atoms with Gasteiger partial charge in [-0.25, -0.2) is 4.79 Å². The van der Waals surface area contributed by atoms with E-state index in [1.165, 1.54) is 4.31 Å². The number of carbonyl (C=O) groups excluding carboxylic acids is 1. The molecule has 2 N–H and O–H groups in total. The number of benzene rings is 2. The molecule has 0 aliphatic carbocycles. The van der Waals surface area contributed by atoms with Gasteiger partial charge < -0.3 is 10.4 Å². The van der Waals surface area contributed by atoms with Gasteiger partial charge >= 0.3 is 6.03 Å². The summed E-state index contributed by atoms with van der Waals surface area (Å²) >= 11 is 10.3. The third-order valence-corrected chi connectivity index (χ3v) is 4.13. The van der Waals surface area contributed by atoms with E-state index in [0.29, 0.717) is 11.4 Å². The molecule has 0 heterocycles. The minimum atomic E-state index is -0.349. The number of urea groups is 1. The molecule has 0 aliphatic rings. The van der Waals surface area contributed by atoms with Crippen LogP contribution in [0, 0.1) is 0 Å².